The number of ether oxygens (including phenoxy) is 1. The molecule has 1 aromatic carbocycles. The Labute approximate surface area is 175 Å². The van der Waals surface area contributed by atoms with Crippen molar-refractivity contribution in [2.45, 2.75) is 39.8 Å². The van der Waals surface area contributed by atoms with Gasteiger partial charge in [0.2, 0.25) is 0 Å². The third-order valence-corrected chi connectivity index (χ3v) is 4.81. The van der Waals surface area contributed by atoms with E-state index < -0.39 is 0 Å². The molecule has 0 amide bonds. The molecule has 1 aromatic heterocycles. The third-order valence-electron chi connectivity index (χ3n) is 4.81. The van der Waals surface area contributed by atoms with Gasteiger partial charge in [0.15, 0.2) is 5.96 Å². The molecule has 0 aliphatic rings. The van der Waals surface area contributed by atoms with Gasteiger partial charge in [-0.15, -0.1) is 0 Å². The van der Waals surface area contributed by atoms with Crippen LogP contribution in [0.2, 0.25) is 0 Å². The highest BCUT2D eigenvalue weighted by molar-refractivity contribution is 5.79. The van der Waals surface area contributed by atoms with Crippen LogP contribution in [0.3, 0.4) is 0 Å². The van der Waals surface area contributed by atoms with Gasteiger partial charge >= 0.3 is 0 Å². The van der Waals surface area contributed by atoms with Crippen molar-refractivity contribution in [3.8, 4) is 5.75 Å². The molecule has 29 heavy (non-hydrogen) atoms. The molecule has 1 atom stereocenters. The van der Waals surface area contributed by atoms with Gasteiger partial charge in [-0.05, 0) is 65.0 Å². The number of aryl methyl sites for hydroxylation is 3. The molecule has 2 aromatic rings. The number of hydrogen-bond donors (Lipinski definition) is 2. The maximum absolute atomic E-state index is 5.37. The van der Waals surface area contributed by atoms with Crippen LogP contribution < -0.4 is 15.4 Å². The van der Waals surface area contributed by atoms with Gasteiger partial charge < -0.3 is 20.3 Å². The largest absolute Gasteiger partial charge is 0.497 e. The molecule has 2 N–H and O–H groups in total. The third kappa shape index (κ3) is 7.09. The minimum absolute atomic E-state index is 0.176. The summed E-state index contributed by atoms with van der Waals surface area (Å²) in [6.07, 6.45) is 0.985. The van der Waals surface area contributed by atoms with Crippen molar-refractivity contribution in [3.63, 3.8) is 0 Å². The number of rotatable bonds is 10. The molecule has 2 rings (SSSR count). The lowest BCUT2D eigenvalue weighted by Gasteiger charge is -2.24. The molecule has 7 heteroatoms. The predicted molar refractivity (Wildman–Crippen MR) is 120 cm³/mol. The minimum Gasteiger partial charge on any atom is -0.497 e. The van der Waals surface area contributed by atoms with Gasteiger partial charge in [-0.3, -0.25) is 9.67 Å². The number of hydrogen-bond acceptors (Lipinski definition) is 4. The Morgan fingerprint density at radius 3 is 2.66 bits per heavy atom. The highest BCUT2D eigenvalue weighted by Crippen LogP contribution is 2.22. The molecular formula is C22H36N6O. The first-order valence-corrected chi connectivity index (χ1v) is 10.3. The number of methoxy groups -OCH3 is 1. The van der Waals surface area contributed by atoms with Crippen molar-refractivity contribution < 1.29 is 4.74 Å². The van der Waals surface area contributed by atoms with Crippen LogP contribution in [0.4, 0.5) is 0 Å². The van der Waals surface area contributed by atoms with E-state index in [1.807, 2.05) is 19.1 Å². The maximum atomic E-state index is 5.37. The first-order valence-electron chi connectivity index (χ1n) is 10.3. The lowest BCUT2D eigenvalue weighted by molar-refractivity contribution is 0.305. The second-order valence-corrected chi connectivity index (χ2v) is 7.41. The SMILES string of the molecule is CCNC(=NCC(c1cccc(OC)c1)N(C)C)NCCCn1nc(C)cc1C. The van der Waals surface area contributed by atoms with Crippen LogP contribution in [0.5, 0.6) is 5.75 Å². The molecule has 1 unspecified atom stereocenters. The van der Waals surface area contributed by atoms with E-state index in [-0.39, 0.29) is 6.04 Å². The van der Waals surface area contributed by atoms with Gasteiger partial charge in [-0.25, -0.2) is 0 Å². The van der Waals surface area contributed by atoms with Crippen molar-refractivity contribution in [3.05, 3.63) is 47.3 Å². The number of likely N-dealkylation sites (N-methyl/N-ethyl adjacent to an activating group) is 1. The topological polar surface area (TPSA) is 66.7 Å². The molecule has 0 saturated carbocycles. The Morgan fingerprint density at radius 1 is 1.24 bits per heavy atom. The number of guanidine groups is 1. The van der Waals surface area contributed by atoms with Crippen LogP contribution in [0, 0.1) is 13.8 Å². The molecule has 0 aliphatic heterocycles. The standard InChI is InChI=1S/C22H36N6O/c1-7-23-22(24-12-9-13-28-18(3)14-17(2)26-28)25-16-21(27(4)5)19-10-8-11-20(15-19)29-6/h8,10-11,14-15,21H,7,9,12-13,16H2,1-6H3,(H2,23,24,25). The van der Waals surface area contributed by atoms with Crippen LogP contribution in [0.1, 0.15) is 36.3 Å². The average molecular weight is 401 g/mol. The van der Waals surface area contributed by atoms with Crippen LogP contribution in [0.25, 0.3) is 0 Å². The van der Waals surface area contributed by atoms with E-state index in [4.69, 9.17) is 9.73 Å². The first-order chi connectivity index (χ1) is 13.9. The summed E-state index contributed by atoms with van der Waals surface area (Å²) in [7, 11) is 5.85. The first kappa shape index (κ1) is 22.7. The summed E-state index contributed by atoms with van der Waals surface area (Å²) in [5.74, 6) is 1.71. The summed E-state index contributed by atoms with van der Waals surface area (Å²) < 4.78 is 7.44. The minimum atomic E-state index is 0.176. The Bertz CT molecular complexity index is 783. The van der Waals surface area contributed by atoms with Crippen LogP contribution in [-0.4, -0.2) is 61.5 Å². The lowest BCUT2D eigenvalue weighted by Crippen LogP contribution is -2.38. The number of nitrogens with one attached hydrogen (secondary N) is 2. The molecule has 7 nitrogen and oxygen atoms in total. The zero-order valence-electron chi connectivity index (χ0n) is 18.7. The smallest absolute Gasteiger partial charge is 0.191 e. The lowest BCUT2D eigenvalue weighted by atomic mass is 10.1. The molecule has 0 bridgehead atoms. The summed E-state index contributed by atoms with van der Waals surface area (Å²) in [5.41, 5.74) is 3.46. The van der Waals surface area contributed by atoms with Gasteiger partial charge in [0.1, 0.15) is 5.75 Å². The van der Waals surface area contributed by atoms with Gasteiger partial charge in [0.05, 0.1) is 25.4 Å². The fourth-order valence-electron chi connectivity index (χ4n) is 3.27. The molecule has 0 aliphatic carbocycles. The summed E-state index contributed by atoms with van der Waals surface area (Å²) >= 11 is 0. The summed E-state index contributed by atoms with van der Waals surface area (Å²) in [5, 5.41) is 11.3. The zero-order valence-corrected chi connectivity index (χ0v) is 18.7. The van der Waals surface area contributed by atoms with Crippen molar-refractivity contribution in [2.24, 2.45) is 4.99 Å². The van der Waals surface area contributed by atoms with Crippen LogP contribution >= 0.6 is 0 Å². The summed E-state index contributed by atoms with van der Waals surface area (Å²) in [4.78, 5) is 7.01. The summed E-state index contributed by atoms with van der Waals surface area (Å²) in [6, 6.07) is 10.5. The Balaban J connectivity index is 1.95. The van der Waals surface area contributed by atoms with E-state index in [1.54, 1.807) is 7.11 Å². The average Bonchev–Trinajstić information content (AvgIpc) is 3.02. The highest BCUT2D eigenvalue weighted by Gasteiger charge is 2.15. The maximum Gasteiger partial charge on any atom is 0.191 e. The molecule has 160 valence electrons. The molecule has 0 saturated heterocycles. The number of aliphatic imine (C=N–C) groups is 1. The van der Waals surface area contributed by atoms with Gasteiger partial charge in [0.25, 0.3) is 0 Å². The second-order valence-electron chi connectivity index (χ2n) is 7.41. The van der Waals surface area contributed by atoms with E-state index in [2.05, 4.69) is 71.5 Å². The van der Waals surface area contributed by atoms with Crippen LogP contribution in [-0.2, 0) is 6.54 Å². The van der Waals surface area contributed by atoms with Crippen molar-refractivity contribution in [2.75, 3.05) is 40.8 Å². The molecule has 0 fully saturated rings. The summed E-state index contributed by atoms with van der Waals surface area (Å²) in [6.45, 7) is 9.44. The Hall–Kier alpha value is -2.54. The van der Waals surface area contributed by atoms with E-state index in [9.17, 15) is 0 Å². The molecule has 0 spiro atoms. The van der Waals surface area contributed by atoms with Crippen LogP contribution in [0.15, 0.2) is 35.3 Å². The van der Waals surface area contributed by atoms with Gasteiger partial charge in [-0.1, -0.05) is 12.1 Å². The monoisotopic (exact) mass is 400 g/mol. The molecule has 0 radical (unpaired) electrons. The Kier molecular flexibility index (Phi) is 8.99. The highest BCUT2D eigenvalue weighted by atomic mass is 16.5. The number of nitrogens with zero attached hydrogens (tertiary/aromatic N) is 4. The van der Waals surface area contributed by atoms with Gasteiger partial charge in [-0.2, -0.15) is 5.10 Å². The normalized spacial score (nSPS) is 12.9. The van der Waals surface area contributed by atoms with E-state index in [0.717, 1.165) is 43.5 Å². The van der Waals surface area contributed by atoms with Gasteiger partial charge in [0, 0.05) is 25.3 Å². The number of benzene rings is 1. The van der Waals surface area contributed by atoms with E-state index in [1.165, 1.54) is 11.3 Å². The zero-order chi connectivity index (χ0) is 21.2. The molecular weight excluding hydrogens is 364 g/mol. The van der Waals surface area contributed by atoms with E-state index >= 15 is 0 Å². The van der Waals surface area contributed by atoms with Crippen molar-refractivity contribution in [1.29, 1.82) is 0 Å². The molecule has 1 heterocycles. The van der Waals surface area contributed by atoms with Crippen molar-refractivity contribution in [1.82, 2.24) is 25.3 Å². The quantitative estimate of drug-likeness (QED) is 0.365. The Morgan fingerprint density at radius 2 is 2.03 bits per heavy atom. The number of aromatic nitrogens is 2. The fourth-order valence-corrected chi connectivity index (χ4v) is 3.27. The fraction of sp³-hybridized carbons (Fsp3) is 0.545. The predicted octanol–water partition coefficient (Wildman–Crippen LogP) is 2.76. The van der Waals surface area contributed by atoms with E-state index in [0.29, 0.717) is 6.54 Å². The van der Waals surface area contributed by atoms with Crippen molar-refractivity contribution >= 4 is 5.96 Å². The second kappa shape index (κ2) is 11.5.